The highest BCUT2D eigenvalue weighted by Crippen LogP contribution is 2.40. The predicted octanol–water partition coefficient (Wildman–Crippen LogP) is 5.81. The summed E-state index contributed by atoms with van der Waals surface area (Å²) in [7, 11) is 0. The minimum Gasteiger partial charge on any atom is -0.453 e. The second-order valence-corrected chi connectivity index (χ2v) is 6.28. The number of carbonyl (C=O) groups is 1. The first-order valence-corrected chi connectivity index (χ1v) is 8.60. The summed E-state index contributed by atoms with van der Waals surface area (Å²) in [4.78, 5) is 11.5. The van der Waals surface area contributed by atoms with E-state index in [2.05, 4.69) is 43.3 Å². The summed E-state index contributed by atoms with van der Waals surface area (Å²) >= 11 is 0. The molecule has 0 amide bonds. The van der Waals surface area contributed by atoms with E-state index < -0.39 is 0 Å². The minimum atomic E-state index is -0.257. The highest BCUT2D eigenvalue weighted by atomic mass is 16.5. The molecule has 2 nitrogen and oxygen atoms in total. The van der Waals surface area contributed by atoms with Crippen molar-refractivity contribution in [2.45, 2.75) is 52.1 Å². The van der Waals surface area contributed by atoms with Gasteiger partial charge in [-0.25, -0.2) is 0 Å². The van der Waals surface area contributed by atoms with Crippen molar-refractivity contribution in [3.05, 3.63) is 53.6 Å². The molecule has 0 heterocycles. The zero-order valence-electron chi connectivity index (χ0n) is 14.0. The van der Waals surface area contributed by atoms with Crippen LogP contribution >= 0.6 is 0 Å². The molecule has 2 aromatic rings. The number of unbranched alkanes of at least 4 members (excludes halogenated alkanes) is 3. The van der Waals surface area contributed by atoms with Gasteiger partial charge in [-0.1, -0.05) is 62.6 Å². The lowest BCUT2D eigenvalue weighted by Gasteiger charge is -2.25. The SMILES string of the molecule is CCCCCCC1=CC(OC(C)=O)c2cccc3cccc1c23. The van der Waals surface area contributed by atoms with Gasteiger partial charge in [-0.2, -0.15) is 0 Å². The zero-order chi connectivity index (χ0) is 16.2. The topological polar surface area (TPSA) is 26.3 Å². The lowest BCUT2D eigenvalue weighted by Crippen LogP contribution is -2.11. The number of carbonyl (C=O) groups excluding carboxylic acids is 1. The fourth-order valence-corrected chi connectivity index (χ4v) is 3.47. The number of benzene rings is 2. The number of hydrogen-bond acceptors (Lipinski definition) is 2. The molecule has 2 heteroatoms. The van der Waals surface area contributed by atoms with Crippen molar-refractivity contribution in [2.24, 2.45) is 0 Å². The number of esters is 1. The van der Waals surface area contributed by atoms with E-state index in [9.17, 15) is 4.79 Å². The minimum absolute atomic E-state index is 0.229. The Morgan fingerprint density at radius 1 is 1.09 bits per heavy atom. The fraction of sp³-hybridized carbons (Fsp3) is 0.381. The van der Waals surface area contributed by atoms with Crippen molar-refractivity contribution in [1.29, 1.82) is 0 Å². The summed E-state index contributed by atoms with van der Waals surface area (Å²) < 4.78 is 5.58. The molecule has 0 saturated heterocycles. The van der Waals surface area contributed by atoms with E-state index in [-0.39, 0.29) is 12.1 Å². The Hall–Kier alpha value is -2.09. The van der Waals surface area contributed by atoms with Crippen LogP contribution in [0.5, 0.6) is 0 Å². The van der Waals surface area contributed by atoms with Gasteiger partial charge >= 0.3 is 5.97 Å². The molecule has 1 unspecified atom stereocenters. The summed E-state index contributed by atoms with van der Waals surface area (Å²) in [6, 6.07) is 12.7. The molecule has 1 aliphatic rings. The maximum atomic E-state index is 11.5. The number of ether oxygens (including phenoxy) is 1. The smallest absolute Gasteiger partial charge is 0.303 e. The van der Waals surface area contributed by atoms with E-state index in [4.69, 9.17) is 4.74 Å². The largest absolute Gasteiger partial charge is 0.453 e. The van der Waals surface area contributed by atoms with Crippen LogP contribution in [0.1, 0.15) is 63.2 Å². The molecule has 0 N–H and O–H groups in total. The van der Waals surface area contributed by atoms with E-state index in [1.807, 2.05) is 6.07 Å². The normalized spacial score (nSPS) is 16.3. The van der Waals surface area contributed by atoms with Crippen molar-refractivity contribution in [3.8, 4) is 0 Å². The van der Waals surface area contributed by atoms with Crippen molar-refractivity contribution in [2.75, 3.05) is 0 Å². The van der Waals surface area contributed by atoms with Gasteiger partial charge in [0.05, 0.1) is 0 Å². The van der Waals surface area contributed by atoms with E-state index >= 15 is 0 Å². The number of rotatable bonds is 6. The Balaban J connectivity index is 1.99. The van der Waals surface area contributed by atoms with Crippen LogP contribution < -0.4 is 0 Å². The van der Waals surface area contributed by atoms with Crippen LogP contribution in [0.25, 0.3) is 16.3 Å². The molecule has 0 aliphatic heterocycles. The first-order valence-electron chi connectivity index (χ1n) is 8.60. The summed E-state index contributed by atoms with van der Waals surface area (Å²) in [6.07, 6.45) is 7.89. The average Bonchev–Trinajstić information content (AvgIpc) is 2.55. The Morgan fingerprint density at radius 3 is 2.61 bits per heavy atom. The number of hydrogen-bond donors (Lipinski definition) is 0. The number of allylic oxidation sites excluding steroid dienone is 1. The first-order chi connectivity index (χ1) is 11.2. The molecule has 3 rings (SSSR count). The van der Waals surface area contributed by atoms with Crippen molar-refractivity contribution in [3.63, 3.8) is 0 Å². The summed E-state index contributed by atoms with van der Waals surface area (Å²) in [5, 5.41) is 2.46. The van der Waals surface area contributed by atoms with Crippen LogP contribution in [0, 0.1) is 0 Å². The zero-order valence-corrected chi connectivity index (χ0v) is 14.0. The van der Waals surface area contributed by atoms with Crippen molar-refractivity contribution < 1.29 is 9.53 Å². The van der Waals surface area contributed by atoms with Crippen LogP contribution in [0.3, 0.4) is 0 Å². The second-order valence-electron chi connectivity index (χ2n) is 6.28. The summed E-state index contributed by atoms with van der Waals surface area (Å²) in [5.74, 6) is -0.229. The van der Waals surface area contributed by atoms with E-state index in [1.165, 1.54) is 54.5 Å². The molecule has 0 fully saturated rings. The molecule has 1 aliphatic carbocycles. The molecular weight excluding hydrogens is 284 g/mol. The quantitative estimate of drug-likeness (QED) is 0.497. The van der Waals surface area contributed by atoms with Crippen LogP contribution in [0.15, 0.2) is 42.5 Å². The van der Waals surface area contributed by atoms with Gasteiger partial charge < -0.3 is 4.74 Å². The predicted molar refractivity (Wildman–Crippen MR) is 95.2 cm³/mol. The Labute approximate surface area is 138 Å². The molecule has 0 aromatic heterocycles. The van der Waals surface area contributed by atoms with Crippen molar-refractivity contribution >= 4 is 22.3 Å². The van der Waals surface area contributed by atoms with Crippen molar-refractivity contribution in [1.82, 2.24) is 0 Å². The third-order valence-electron chi connectivity index (χ3n) is 4.53. The van der Waals surface area contributed by atoms with E-state index in [0.717, 1.165) is 12.0 Å². The molecule has 2 aromatic carbocycles. The first kappa shape index (κ1) is 15.8. The molecule has 0 bridgehead atoms. The lowest BCUT2D eigenvalue weighted by molar-refractivity contribution is -0.144. The Kier molecular flexibility index (Phi) is 4.80. The second kappa shape index (κ2) is 6.99. The molecule has 0 spiro atoms. The maximum absolute atomic E-state index is 11.5. The third-order valence-corrected chi connectivity index (χ3v) is 4.53. The highest BCUT2D eigenvalue weighted by Gasteiger charge is 2.23. The van der Waals surface area contributed by atoms with Crippen LogP contribution in [-0.2, 0) is 9.53 Å². The maximum Gasteiger partial charge on any atom is 0.303 e. The lowest BCUT2D eigenvalue weighted by atomic mass is 9.84. The van der Waals surface area contributed by atoms with Crippen LogP contribution in [0.2, 0.25) is 0 Å². The summed E-state index contributed by atoms with van der Waals surface area (Å²) in [6.45, 7) is 3.71. The van der Waals surface area contributed by atoms with E-state index in [0.29, 0.717) is 0 Å². The standard InChI is InChI=1S/C21H24O2/c1-3-4-5-6-9-17-14-20(23-15(2)22)19-13-8-11-16-10-7-12-18(17)21(16)19/h7-8,10-14,20H,3-6,9H2,1-2H3. The Morgan fingerprint density at radius 2 is 1.87 bits per heavy atom. The molecule has 1 atom stereocenters. The van der Waals surface area contributed by atoms with Gasteiger partial charge in [-0.3, -0.25) is 4.79 Å². The van der Waals surface area contributed by atoms with E-state index in [1.54, 1.807) is 0 Å². The summed E-state index contributed by atoms with van der Waals surface area (Å²) in [5.41, 5.74) is 3.72. The molecular formula is C21H24O2. The molecule has 0 saturated carbocycles. The monoisotopic (exact) mass is 308 g/mol. The van der Waals surface area contributed by atoms with Crippen LogP contribution in [-0.4, -0.2) is 5.97 Å². The van der Waals surface area contributed by atoms with Gasteiger partial charge in [0.2, 0.25) is 0 Å². The highest BCUT2D eigenvalue weighted by molar-refractivity contribution is 5.98. The van der Waals surface area contributed by atoms with Gasteiger partial charge in [0, 0.05) is 12.5 Å². The van der Waals surface area contributed by atoms with Gasteiger partial charge in [0.1, 0.15) is 6.10 Å². The van der Waals surface area contributed by atoms with Gasteiger partial charge in [-0.15, -0.1) is 0 Å². The Bertz CT molecular complexity index is 737. The third kappa shape index (κ3) is 3.31. The van der Waals surface area contributed by atoms with Crippen LogP contribution in [0.4, 0.5) is 0 Å². The fourth-order valence-electron chi connectivity index (χ4n) is 3.47. The van der Waals surface area contributed by atoms with Gasteiger partial charge in [0.15, 0.2) is 0 Å². The molecule has 23 heavy (non-hydrogen) atoms. The van der Waals surface area contributed by atoms with Gasteiger partial charge in [0.25, 0.3) is 0 Å². The molecule has 0 radical (unpaired) electrons. The molecule has 120 valence electrons. The van der Waals surface area contributed by atoms with Gasteiger partial charge in [-0.05, 0) is 40.8 Å². The average molecular weight is 308 g/mol.